The molecular formula is C20H31F2N3O2. The van der Waals surface area contributed by atoms with Crippen LogP contribution in [0.5, 0.6) is 0 Å². The Labute approximate surface area is 159 Å². The Kier molecular flexibility index (Phi) is 4.33. The highest BCUT2D eigenvalue weighted by Gasteiger charge is 2.58. The van der Waals surface area contributed by atoms with Crippen LogP contribution in [0.4, 0.5) is 8.78 Å². The SMILES string of the molecule is CC(C)(C(=O)NC1C2CC3CC1CC(C(N)=O)(C3)C2)N1CCCC(F)(F)C1. The van der Waals surface area contributed by atoms with Crippen LogP contribution in [0, 0.1) is 23.2 Å². The van der Waals surface area contributed by atoms with Gasteiger partial charge in [-0.2, -0.15) is 0 Å². The quantitative estimate of drug-likeness (QED) is 0.782. The molecule has 5 rings (SSSR count). The van der Waals surface area contributed by atoms with Crippen molar-refractivity contribution in [3.05, 3.63) is 0 Å². The number of primary amides is 1. The molecule has 5 nitrogen and oxygen atoms in total. The largest absolute Gasteiger partial charge is 0.369 e. The summed E-state index contributed by atoms with van der Waals surface area (Å²) < 4.78 is 27.7. The van der Waals surface area contributed by atoms with E-state index in [1.165, 1.54) is 0 Å². The van der Waals surface area contributed by atoms with E-state index in [4.69, 9.17) is 5.73 Å². The van der Waals surface area contributed by atoms with Crippen LogP contribution in [0.1, 0.15) is 58.8 Å². The zero-order valence-corrected chi connectivity index (χ0v) is 16.3. The summed E-state index contributed by atoms with van der Waals surface area (Å²) in [5.74, 6) is -2.03. The average Bonchev–Trinajstić information content (AvgIpc) is 2.56. The maximum Gasteiger partial charge on any atom is 0.260 e. The Balaban J connectivity index is 1.46. The number of amides is 2. The molecule has 4 saturated carbocycles. The minimum atomic E-state index is -2.73. The summed E-state index contributed by atoms with van der Waals surface area (Å²) in [5.41, 5.74) is 4.37. The molecule has 2 unspecified atom stereocenters. The molecule has 3 N–H and O–H groups in total. The monoisotopic (exact) mass is 383 g/mol. The van der Waals surface area contributed by atoms with E-state index in [-0.39, 0.29) is 48.1 Å². The number of hydrogen-bond acceptors (Lipinski definition) is 3. The zero-order valence-electron chi connectivity index (χ0n) is 16.3. The van der Waals surface area contributed by atoms with E-state index in [2.05, 4.69) is 5.32 Å². The Bertz CT molecular complexity index is 635. The van der Waals surface area contributed by atoms with Gasteiger partial charge in [0.25, 0.3) is 5.92 Å². The number of nitrogens with one attached hydrogen (secondary N) is 1. The summed E-state index contributed by atoms with van der Waals surface area (Å²) in [4.78, 5) is 26.8. The van der Waals surface area contributed by atoms with Gasteiger partial charge >= 0.3 is 0 Å². The van der Waals surface area contributed by atoms with Gasteiger partial charge in [0.15, 0.2) is 0 Å². The minimum absolute atomic E-state index is 0.0334. The first-order valence-electron chi connectivity index (χ1n) is 10.3. The molecule has 1 aliphatic heterocycles. The van der Waals surface area contributed by atoms with Gasteiger partial charge in [-0.05, 0) is 76.7 Å². The topological polar surface area (TPSA) is 75.4 Å². The highest BCUT2D eigenvalue weighted by atomic mass is 19.3. The first kappa shape index (κ1) is 19.1. The first-order valence-corrected chi connectivity index (χ1v) is 10.3. The Morgan fingerprint density at radius 2 is 1.78 bits per heavy atom. The van der Waals surface area contributed by atoms with E-state index in [9.17, 15) is 18.4 Å². The number of piperidine rings is 1. The molecule has 152 valence electrons. The van der Waals surface area contributed by atoms with E-state index in [1.54, 1.807) is 18.7 Å². The molecule has 2 amide bonds. The first-order chi connectivity index (χ1) is 12.5. The second kappa shape index (κ2) is 6.13. The van der Waals surface area contributed by atoms with Crippen molar-refractivity contribution in [1.29, 1.82) is 0 Å². The van der Waals surface area contributed by atoms with E-state index in [0.29, 0.717) is 18.9 Å². The van der Waals surface area contributed by atoms with Gasteiger partial charge in [0.1, 0.15) is 0 Å². The number of hydrogen-bond donors (Lipinski definition) is 2. The Morgan fingerprint density at radius 3 is 2.33 bits per heavy atom. The molecule has 0 spiro atoms. The van der Waals surface area contributed by atoms with Crippen LogP contribution in [0.15, 0.2) is 0 Å². The summed E-state index contributed by atoms with van der Waals surface area (Å²) >= 11 is 0. The van der Waals surface area contributed by atoms with Gasteiger partial charge in [0.2, 0.25) is 11.8 Å². The zero-order chi connectivity index (χ0) is 19.6. The number of nitrogens with two attached hydrogens (primary N) is 1. The second-order valence-electron chi connectivity index (χ2n) is 10.1. The molecule has 1 saturated heterocycles. The van der Waals surface area contributed by atoms with Crippen LogP contribution >= 0.6 is 0 Å². The molecule has 5 fully saturated rings. The third-order valence-corrected chi connectivity index (χ3v) is 7.83. The molecule has 5 aliphatic rings. The lowest BCUT2D eigenvalue weighted by atomic mass is 9.47. The smallest absolute Gasteiger partial charge is 0.260 e. The van der Waals surface area contributed by atoms with Gasteiger partial charge in [0, 0.05) is 17.9 Å². The Morgan fingerprint density at radius 1 is 1.15 bits per heavy atom. The molecule has 0 aromatic carbocycles. The lowest BCUT2D eigenvalue weighted by molar-refractivity contribution is -0.151. The number of carbonyl (C=O) groups excluding carboxylic acids is 2. The highest BCUT2D eigenvalue weighted by Crippen LogP contribution is 2.60. The van der Waals surface area contributed by atoms with E-state index in [1.807, 2.05) is 0 Å². The number of likely N-dealkylation sites (tertiary alicyclic amines) is 1. The molecular weight excluding hydrogens is 352 g/mol. The van der Waals surface area contributed by atoms with Crippen molar-refractivity contribution >= 4 is 11.8 Å². The van der Waals surface area contributed by atoms with Gasteiger partial charge in [-0.1, -0.05) is 0 Å². The molecule has 0 radical (unpaired) electrons. The highest BCUT2D eigenvalue weighted by molar-refractivity contribution is 5.86. The van der Waals surface area contributed by atoms with Crippen molar-refractivity contribution in [2.75, 3.05) is 13.1 Å². The normalized spacial score (nSPS) is 40.7. The van der Waals surface area contributed by atoms with E-state index < -0.39 is 11.5 Å². The predicted molar refractivity (Wildman–Crippen MR) is 96.9 cm³/mol. The molecule has 1 heterocycles. The van der Waals surface area contributed by atoms with Crippen LogP contribution in [0.25, 0.3) is 0 Å². The van der Waals surface area contributed by atoms with Crippen molar-refractivity contribution in [3.8, 4) is 0 Å². The number of carbonyl (C=O) groups is 2. The van der Waals surface area contributed by atoms with Crippen LogP contribution in [0.2, 0.25) is 0 Å². The lowest BCUT2D eigenvalue weighted by Gasteiger charge is -2.59. The van der Waals surface area contributed by atoms with Crippen LogP contribution in [-0.2, 0) is 9.59 Å². The second-order valence-corrected chi connectivity index (χ2v) is 10.1. The summed E-state index contributed by atoms with van der Waals surface area (Å²) in [6, 6.07) is 0.0334. The molecule has 4 bridgehead atoms. The predicted octanol–water partition coefficient (Wildman–Crippen LogP) is 2.29. The van der Waals surface area contributed by atoms with E-state index >= 15 is 0 Å². The van der Waals surface area contributed by atoms with Gasteiger partial charge in [-0.3, -0.25) is 14.5 Å². The molecule has 27 heavy (non-hydrogen) atoms. The van der Waals surface area contributed by atoms with Gasteiger partial charge in [-0.25, -0.2) is 8.78 Å². The van der Waals surface area contributed by atoms with Crippen molar-refractivity contribution < 1.29 is 18.4 Å². The standard InChI is InChI=1S/C20H31F2N3O2/c1-18(2,25-5-3-4-20(21,22)11-25)17(27)24-15-13-6-12-7-14(15)10-19(8-12,9-13)16(23)26/h12-15H,3-11H2,1-2H3,(H2,23,26)(H,24,27). The number of rotatable bonds is 4. The fraction of sp³-hybridized carbons (Fsp3) is 0.900. The molecule has 7 heteroatoms. The fourth-order valence-electron chi connectivity index (χ4n) is 6.48. The summed E-state index contributed by atoms with van der Waals surface area (Å²) in [6.07, 6.45) is 4.75. The number of alkyl halides is 2. The van der Waals surface area contributed by atoms with Gasteiger partial charge in [-0.15, -0.1) is 0 Å². The van der Waals surface area contributed by atoms with Crippen LogP contribution in [0.3, 0.4) is 0 Å². The third-order valence-electron chi connectivity index (χ3n) is 7.83. The summed E-state index contributed by atoms with van der Waals surface area (Å²) in [6.45, 7) is 3.63. The van der Waals surface area contributed by atoms with Crippen molar-refractivity contribution in [2.24, 2.45) is 28.9 Å². The van der Waals surface area contributed by atoms with Gasteiger partial charge in [0.05, 0.1) is 12.1 Å². The molecule has 0 aromatic rings. The molecule has 2 atom stereocenters. The third kappa shape index (κ3) is 3.15. The lowest BCUT2D eigenvalue weighted by Crippen LogP contribution is -2.66. The fourth-order valence-corrected chi connectivity index (χ4v) is 6.48. The van der Waals surface area contributed by atoms with Crippen LogP contribution in [-0.4, -0.2) is 47.3 Å². The summed E-state index contributed by atoms with van der Waals surface area (Å²) in [7, 11) is 0. The molecule has 0 aromatic heterocycles. The molecule has 4 aliphatic carbocycles. The maximum absolute atomic E-state index is 13.8. The number of halogens is 2. The minimum Gasteiger partial charge on any atom is -0.369 e. The van der Waals surface area contributed by atoms with Crippen molar-refractivity contribution in [3.63, 3.8) is 0 Å². The van der Waals surface area contributed by atoms with Crippen molar-refractivity contribution in [2.45, 2.75) is 76.3 Å². The van der Waals surface area contributed by atoms with Crippen molar-refractivity contribution in [1.82, 2.24) is 10.2 Å². The van der Waals surface area contributed by atoms with Gasteiger partial charge < -0.3 is 11.1 Å². The average molecular weight is 383 g/mol. The maximum atomic E-state index is 13.8. The Hall–Kier alpha value is -1.24. The summed E-state index contributed by atoms with van der Waals surface area (Å²) in [5, 5.41) is 3.21. The van der Waals surface area contributed by atoms with E-state index in [0.717, 1.165) is 32.1 Å². The number of nitrogens with zero attached hydrogens (tertiary/aromatic N) is 1. The van der Waals surface area contributed by atoms with Crippen LogP contribution < -0.4 is 11.1 Å².